The summed E-state index contributed by atoms with van der Waals surface area (Å²) in [4.78, 5) is 23.6. The number of hydrogen-bond acceptors (Lipinski definition) is 3. The van der Waals surface area contributed by atoms with Crippen molar-refractivity contribution >= 4 is 11.6 Å². The average Bonchev–Trinajstić information content (AvgIpc) is 2.43. The van der Waals surface area contributed by atoms with E-state index in [1.807, 2.05) is 20.8 Å². The summed E-state index contributed by atoms with van der Waals surface area (Å²) in [5, 5.41) is 4.09. The van der Waals surface area contributed by atoms with Gasteiger partial charge in [0.05, 0.1) is 17.7 Å². The Kier molecular flexibility index (Phi) is 3.31. The maximum Gasteiger partial charge on any atom is 0.173 e. The maximum absolute atomic E-state index is 11.9. The fraction of sp³-hybridized carbons (Fsp3) is 0.583. The molecular weight excluding hydrogens is 204 g/mol. The van der Waals surface area contributed by atoms with E-state index >= 15 is 0 Å². The number of nitrogens with zero attached hydrogens (tertiary/aromatic N) is 2. The first kappa shape index (κ1) is 12.6. The Morgan fingerprint density at radius 2 is 1.94 bits per heavy atom. The predicted octanol–water partition coefficient (Wildman–Crippen LogP) is 1.92. The Morgan fingerprint density at radius 3 is 2.31 bits per heavy atom. The second kappa shape index (κ2) is 4.20. The highest BCUT2D eigenvalue weighted by Crippen LogP contribution is 2.19. The van der Waals surface area contributed by atoms with Crippen LogP contribution < -0.4 is 0 Å². The Balaban J connectivity index is 2.81. The first-order valence-corrected chi connectivity index (χ1v) is 5.28. The molecule has 16 heavy (non-hydrogen) atoms. The molecule has 0 aliphatic rings. The van der Waals surface area contributed by atoms with Crippen LogP contribution >= 0.6 is 0 Å². The fourth-order valence-corrected chi connectivity index (χ4v) is 1.38. The zero-order chi connectivity index (χ0) is 12.5. The molecule has 0 radical (unpaired) electrons. The summed E-state index contributed by atoms with van der Waals surface area (Å²) in [6.45, 7) is 7.23. The predicted molar refractivity (Wildman–Crippen MR) is 61.4 cm³/mol. The maximum atomic E-state index is 11.9. The van der Waals surface area contributed by atoms with Crippen LogP contribution in [0.2, 0.25) is 0 Å². The number of Topliss-reactive ketones (excluding diaryl/α,β-unsaturated/α-hetero) is 2. The molecule has 0 fully saturated rings. The van der Waals surface area contributed by atoms with Gasteiger partial charge in [-0.25, -0.2) is 0 Å². The average molecular weight is 222 g/mol. The van der Waals surface area contributed by atoms with Crippen LogP contribution in [0.4, 0.5) is 0 Å². The van der Waals surface area contributed by atoms with Crippen molar-refractivity contribution in [2.45, 2.75) is 34.1 Å². The molecule has 0 saturated carbocycles. The molecular formula is C12H18N2O2. The van der Waals surface area contributed by atoms with Crippen LogP contribution in [0.5, 0.6) is 0 Å². The van der Waals surface area contributed by atoms with Gasteiger partial charge >= 0.3 is 0 Å². The van der Waals surface area contributed by atoms with Gasteiger partial charge in [0.15, 0.2) is 5.78 Å². The molecule has 0 aliphatic heterocycles. The third kappa shape index (κ3) is 2.78. The van der Waals surface area contributed by atoms with E-state index in [-0.39, 0.29) is 18.0 Å². The first-order chi connectivity index (χ1) is 7.21. The largest absolute Gasteiger partial charge is 0.299 e. The molecule has 1 aromatic heterocycles. The van der Waals surface area contributed by atoms with Gasteiger partial charge < -0.3 is 0 Å². The van der Waals surface area contributed by atoms with Crippen molar-refractivity contribution in [1.82, 2.24) is 9.78 Å². The number of ketones is 2. The van der Waals surface area contributed by atoms with Gasteiger partial charge in [0.25, 0.3) is 0 Å². The number of hydrogen-bond donors (Lipinski definition) is 0. The molecule has 4 heteroatoms. The van der Waals surface area contributed by atoms with Gasteiger partial charge in [0, 0.05) is 18.7 Å². The Labute approximate surface area is 95.6 Å². The number of carbonyl (C=O) groups is 2. The van der Waals surface area contributed by atoms with Crippen LogP contribution in [0, 0.1) is 12.3 Å². The minimum atomic E-state index is -0.466. The van der Waals surface area contributed by atoms with Gasteiger partial charge in [-0.2, -0.15) is 5.10 Å². The molecule has 4 nitrogen and oxygen atoms in total. The van der Waals surface area contributed by atoms with E-state index in [1.54, 1.807) is 24.9 Å². The standard InChI is InChI=1S/C12H18N2O2/c1-8-9(7-14(5)13-8)10(15)6-11(16)12(2,3)4/h7H,6H2,1-5H3. The summed E-state index contributed by atoms with van der Waals surface area (Å²) in [6, 6.07) is 0. The summed E-state index contributed by atoms with van der Waals surface area (Å²) >= 11 is 0. The van der Waals surface area contributed by atoms with Gasteiger partial charge in [-0.3, -0.25) is 14.3 Å². The number of rotatable bonds is 3. The lowest BCUT2D eigenvalue weighted by Gasteiger charge is -2.15. The Morgan fingerprint density at radius 1 is 1.38 bits per heavy atom. The molecule has 0 spiro atoms. The van der Waals surface area contributed by atoms with Crippen LogP contribution in [-0.4, -0.2) is 21.3 Å². The molecule has 0 aliphatic carbocycles. The van der Waals surface area contributed by atoms with E-state index in [0.29, 0.717) is 11.3 Å². The number of aromatic nitrogens is 2. The van der Waals surface area contributed by atoms with Crippen molar-refractivity contribution in [3.05, 3.63) is 17.5 Å². The minimum Gasteiger partial charge on any atom is -0.299 e. The molecule has 0 bridgehead atoms. The van der Waals surface area contributed by atoms with Crippen molar-refractivity contribution < 1.29 is 9.59 Å². The lowest BCUT2D eigenvalue weighted by molar-refractivity contribution is -0.125. The van der Waals surface area contributed by atoms with Gasteiger partial charge in [0.1, 0.15) is 5.78 Å². The van der Waals surface area contributed by atoms with Crippen LogP contribution in [0.1, 0.15) is 43.2 Å². The first-order valence-electron chi connectivity index (χ1n) is 5.28. The smallest absolute Gasteiger partial charge is 0.173 e. The van der Waals surface area contributed by atoms with Crippen molar-refractivity contribution in [3.8, 4) is 0 Å². The van der Waals surface area contributed by atoms with E-state index < -0.39 is 5.41 Å². The van der Waals surface area contributed by atoms with Gasteiger partial charge in [-0.15, -0.1) is 0 Å². The van der Waals surface area contributed by atoms with E-state index in [1.165, 1.54) is 0 Å². The number of aryl methyl sites for hydroxylation is 2. The molecule has 0 amide bonds. The molecule has 0 saturated heterocycles. The second-order valence-electron chi connectivity index (χ2n) is 5.07. The quantitative estimate of drug-likeness (QED) is 0.580. The lowest BCUT2D eigenvalue weighted by atomic mass is 9.87. The third-order valence-corrected chi connectivity index (χ3v) is 2.47. The molecule has 0 unspecified atom stereocenters. The van der Waals surface area contributed by atoms with Gasteiger partial charge in [0.2, 0.25) is 0 Å². The van der Waals surface area contributed by atoms with E-state index in [4.69, 9.17) is 0 Å². The lowest BCUT2D eigenvalue weighted by Crippen LogP contribution is -2.23. The fourth-order valence-electron chi connectivity index (χ4n) is 1.38. The van der Waals surface area contributed by atoms with Crippen molar-refractivity contribution in [2.24, 2.45) is 12.5 Å². The third-order valence-electron chi connectivity index (χ3n) is 2.47. The SMILES string of the molecule is Cc1nn(C)cc1C(=O)CC(=O)C(C)(C)C. The summed E-state index contributed by atoms with van der Waals surface area (Å²) in [7, 11) is 1.76. The van der Waals surface area contributed by atoms with Crippen molar-refractivity contribution in [1.29, 1.82) is 0 Å². The number of carbonyl (C=O) groups excluding carboxylic acids is 2. The Bertz CT molecular complexity index is 425. The summed E-state index contributed by atoms with van der Waals surface area (Å²) in [6.07, 6.45) is 1.61. The highest BCUT2D eigenvalue weighted by molar-refractivity contribution is 6.09. The molecule has 0 aromatic carbocycles. The van der Waals surface area contributed by atoms with Crippen LogP contribution in [0.15, 0.2) is 6.20 Å². The minimum absolute atomic E-state index is 0.0410. The molecule has 88 valence electrons. The van der Waals surface area contributed by atoms with Gasteiger partial charge in [-0.05, 0) is 6.92 Å². The van der Waals surface area contributed by atoms with Crippen molar-refractivity contribution in [3.63, 3.8) is 0 Å². The monoisotopic (exact) mass is 222 g/mol. The summed E-state index contributed by atoms with van der Waals surface area (Å²) in [5.41, 5.74) is 0.750. The molecule has 1 aromatic rings. The zero-order valence-electron chi connectivity index (χ0n) is 10.5. The summed E-state index contributed by atoms with van der Waals surface area (Å²) in [5.74, 6) is -0.189. The Hall–Kier alpha value is -1.45. The van der Waals surface area contributed by atoms with Gasteiger partial charge in [-0.1, -0.05) is 20.8 Å². The molecule has 1 rings (SSSR count). The van der Waals surface area contributed by atoms with Crippen LogP contribution in [0.3, 0.4) is 0 Å². The highest BCUT2D eigenvalue weighted by Gasteiger charge is 2.25. The highest BCUT2D eigenvalue weighted by atomic mass is 16.1. The topological polar surface area (TPSA) is 52.0 Å². The van der Waals surface area contributed by atoms with Crippen LogP contribution in [-0.2, 0) is 11.8 Å². The second-order valence-corrected chi connectivity index (χ2v) is 5.07. The summed E-state index contributed by atoms with van der Waals surface area (Å²) < 4.78 is 1.59. The van der Waals surface area contributed by atoms with E-state index in [0.717, 1.165) is 0 Å². The molecule has 0 N–H and O–H groups in total. The molecule has 1 heterocycles. The normalized spacial score (nSPS) is 11.6. The van der Waals surface area contributed by atoms with E-state index in [9.17, 15) is 9.59 Å². The molecule has 0 atom stereocenters. The van der Waals surface area contributed by atoms with Crippen molar-refractivity contribution in [2.75, 3.05) is 0 Å². The van der Waals surface area contributed by atoms with Crippen LogP contribution in [0.25, 0.3) is 0 Å². The zero-order valence-corrected chi connectivity index (χ0v) is 10.5. The van der Waals surface area contributed by atoms with E-state index in [2.05, 4.69) is 5.10 Å².